The summed E-state index contributed by atoms with van der Waals surface area (Å²) < 4.78 is 4.98. The van der Waals surface area contributed by atoms with E-state index in [9.17, 15) is 9.59 Å². The molecule has 22 heavy (non-hydrogen) atoms. The SMILES string of the molecule is CCn1c(=O)n(C2CCNC2)c(=O)c2c1nc(C1CC1)n2C. The lowest BCUT2D eigenvalue weighted by Gasteiger charge is -2.14. The maximum absolute atomic E-state index is 12.9. The zero-order valence-corrected chi connectivity index (χ0v) is 13.0. The lowest BCUT2D eigenvalue weighted by molar-refractivity contribution is 0.483. The third-order valence-corrected chi connectivity index (χ3v) is 4.88. The predicted molar refractivity (Wildman–Crippen MR) is 83.4 cm³/mol. The van der Waals surface area contributed by atoms with Gasteiger partial charge in [0.1, 0.15) is 5.82 Å². The normalized spacial score (nSPS) is 21.8. The van der Waals surface area contributed by atoms with Crippen LogP contribution in [-0.4, -0.2) is 31.8 Å². The van der Waals surface area contributed by atoms with Crippen molar-refractivity contribution in [2.75, 3.05) is 13.1 Å². The quantitative estimate of drug-likeness (QED) is 0.887. The van der Waals surface area contributed by atoms with Crippen molar-refractivity contribution in [2.45, 2.75) is 44.7 Å². The van der Waals surface area contributed by atoms with Gasteiger partial charge in [-0.15, -0.1) is 0 Å². The van der Waals surface area contributed by atoms with E-state index >= 15 is 0 Å². The Morgan fingerprint density at radius 3 is 2.64 bits per heavy atom. The van der Waals surface area contributed by atoms with Gasteiger partial charge in [0.25, 0.3) is 5.56 Å². The second-order valence-corrected chi connectivity index (χ2v) is 6.32. The average Bonchev–Trinajstić information content (AvgIpc) is 3.08. The molecule has 0 bridgehead atoms. The Labute approximate surface area is 127 Å². The molecule has 2 fully saturated rings. The second kappa shape index (κ2) is 4.81. The van der Waals surface area contributed by atoms with Crippen LogP contribution in [-0.2, 0) is 13.6 Å². The van der Waals surface area contributed by atoms with Gasteiger partial charge in [-0.05, 0) is 32.7 Å². The molecule has 1 saturated heterocycles. The van der Waals surface area contributed by atoms with Gasteiger partial charge in [0.2, 0.25) is 0 Å². The number of aromatic nitrogens is 4. The monoisotopic (exact) mass is 303 g/mol. The first-order chi connectivity index (χ1) is 10.6. The van der Waals surface area contributed by atoms with Gasteiger partial charge in [0.05, 0.1) is 6.04 Å². The minimum absolute atomic E-state index is 0.0542. The molecule has 3 heterocycles. The van der Waals surface area contributed by atoms with Crippen LogP contribution >= 0.6 is 0 Å². The van der Waals surface area contributed by atoms with E-state index in [1.807, 2.05) is 18.5 Å². The molecule has 0 aromatic carbocycles. The lowest BCUT2D eigenvalue weighted by atomic mass is 10.2. The molecule has 4 rings (SSSR count). The molecule has 2 aliphatic rings. The summed E-state index contributed by atoms with van der Waals surface area (Å²) in [6.07, 6.45) is 3.06. The van der Waals surface area contributed by atoms with Gasteiger partial charge in [0.15, 0.2) is 11.2 Å². The number of aryl methyl sites for hydroxylation is 2. The Bertz CT molecular complexity index is 849. The average molecular weight is 303 g/mol. The maximum Gasteiger partial charge on any atom is 0.333 e. The summed E-state index contributed by atoms with van der Waals surface area (Å²) in [5.41, 5.74) is 0.689. The number of fused-ring (bicyclic) bond motifs is 1. The first-order valence-corrected chi connectivity index (χ1v) is 8.05. The summed E-state index contributed by atoms with van der Waals surface area (Å²) >= 11 is 0. The van der Waals surface area contributed by atoms with Gasteiger partial charge in [-0.25, -0.2) is 9.78 Å². The minimum Gasteiger partial charge on any atom is -0.325 e. The van der Waals surface area contributed by atoms with Crippen molar-refractivity contribution in [3.05, 3.63) is 26.7 Å². The molecule has 118 valence electrons. The molecule has 1 aliphatic carbocycles. The Morgan fingerprint density at radius 1 is 1.27 bits per heavy atom. The molecule has 1 atom stereocenters. The van der Waals surface area contributed by atoms with E-state index in [1.165, 1.54) is 4.57 Å². The highest BCUT2D eigenvalue weighted by atomic mass is 16.2. The standard InChI is InChI=1S/C15H21N5O2/c1-3-19-13-11(18(2)12(17-13)9-4-5-9)14(21)20(15(19)22)10-6-7-16-8-10/h9-10,16H,3-8H2,1-2H3. The van der Waals surface area contributed by atoms with Gasteiger partial charge in [-0.3, -0.25) is 13.9 Å². The van der Waals surface area contributed by atoms with Crippen molar-refractivity contribution < 1.29 is 0 Å². The summed E-state index contributed by atoms with van der Waals surface area (Å²) in [5.74, 6) is 1.38. The van der Waals surface area contributed by atoms with Crippen molar-refractivity contribution in [1.29, 1.82) is 0 Å². The Morgan fingerprint density at radius 2 is 2.05 bits per heavy atom. The molecule has 1 saturated carbocycles. The van der Waals surface area contributed by atoms with Crippen LogP contribution in [0.15, 0.2) is 9.59 Å². The number of nitrogens with one attached hydrogen (secondary N) is 1. The predicted octanol–water partition coefficient (Wildman–Crippen LogP) is 0.328. The molecule has 1 aliphatic heterocycles. The highest BCUT2D eigenvalue weighted by Gasteiger charge is 2.31. The third kappa shape index (κ3) is 1.81. The van der Waals surface area contributed by atoms with Crippen LogP contribution in [0.5, 0.6) is 0 Å². The fourth-order valence-corrected chi connectivity index (χ4v) is 3.52. The molecule has 7 heteroatoms. The van der Waals surface area contributed by atoms with E-state index in [1.54, 1.807) is 4.57 Å². The number of rotatable bonds is 3. The van der Waals surface area contributed by atoms with E-state index in [0.717, 1.165) is 31.6 Å². The van der Waals surface area contributed by atoms with Crippen LogP contribution in [0.1, 0.15) is 44.0 Å². The third-order valence-electron chi connectivity index (χ3n) is 4.88. The van der Waals surface area contributed by atoms with Crippen molar-refractivity contribution in [1.82, 2.24) is 24.0 Å². The molecule has 1 N–H and O–H groups in total. The smallest absolute Gasteiger partial charge is 0.325 e. The molecule has 0 radical (unpaired) electrons. The first-order valence-electron chi connectivity index (χ1n) is 8.05. The van der Waals surface area contributed by atoms with Gasteiger partial charge in [-0.2, -0.15) is 0 Å². The van der Waals surface area contributed by atoms with Crippen molar-refractivity contribution in [3.8, 4) is 0 Å². The summed E-state index contributed by atoms with van der Waals surface area (Å²) in [5, 5.41) is 3.23. The number of hydrogen-bond donors (Lipinski definition) is 1. The Kier molecular flexibility index (Phi) is 3.00. The minimum atomic E-state index is -0.228. The fraction of sp³-hybridized carbons (Fsp3) is 0.667. The molecular weight excluding hydrogens is 282 g/mol. The van der Waals surface area contributed by atoms with Crippen LogP contribution in [0.4, 0.5) is 0 Å². The van der Waals surface area contributed by atoms with Crippen molar-refractivity contribution in [2.24, 2.45) is 7.05 Å². The summed E-state index contributed by atoms with van der Waals surface area (Å²) in [6, 6.07) is -0.0542. The van der Waals surface area contributed by atoms with E-state index in [2.05, 4.69) is 10.3 Å². The molecule has 7 nitrogen and oxygen atoms in total. The number of nitrogens with zero attached hydrogens (tertiary/aromatic N) is 4. The Hall–Kier alpha value is -1.89. The van der Waals surface area contributed by atoms with Crippen molar-refractivity contribution in [3.63, 3.8) is 0 Å². The molecular formula is C15H21N5O2. The van der Waals surface area contributed by atoms with E-state index < -0.39 is 0 Å². The van der Waals surface area contributed by atoms with Crippen LogP contribution in [0.2, 0.25) is 0 Å². The first kappa shape index (κ1) is 13.8. The fourth-order valence-electron chi connectivity index (χ4n) is 3.52. The van der Waals surface area contributed by atoms with E-state index in [-0.39, 0.29) is 17.3 Å². The van der Waals surface area contributed by atoms with E-state index in [0.29, 0.717) is 30.2 Å². The molecule has 0 spiro atoms. The molecule has 2 aromatic heterocycles. The topological polar surface area (TPSA) is 73.8 Å². The zero-order chi connectivity index (χ0) is 15.4. The van der Waals surface area contributed by atoms with Crippen LogP contribution in [0.3, 0.4) is 0 Å². The highest BCUT2D eigenvalue weighted by molar-refractivity contribution is 5.71. The number of hydrogen-bond acceptors (Lipinski definition) is 4. The summed E-state index contributed by atoms with van der Waals surface area (Å²) in [4.78, 5) is 30.4. The van der Waals surface area contributed by atoms with E-state index in [4.69, 9.17) is 0 Å². The van der Waals surface area contributed by atoms with Crippen molar-refractivity contribution >= 4 is 11.2 Å². The summed E-state index contributed by atoms with van der Waals surface area (Å²) in [7, 11) is 1.89. The lowest BCUT2D eigenvalue weighted by Crippen LogP contribution is -2.43. The molecule has 0 amide bonds. The molecule has 1 unspecified atom stereocenters. The van der Waals surface area contributed by atoms with Crippen LogP contribution in [0, 0.1) is 0 Å². The summed E-state index contributed by atoms with van der Waals surface area (Å²) in [6.45, 7) is 3.97. The Balaban J connectivity index is 2.06. The van der Waals surface area contributed by atoms with Gasteiger partial charge in [0, 0.05) is 26.1 Å². The van der Waals surface area contributed by atoms with Crippen LogP contribution in [0.25, 0.3) is 11.2 Å². The number of imidazole rings is 1. The highest BCUT2D eigenvalue weighted by Crippen LogP contribution is 2.39. The molecule has 2 aromatic rings. The van der Waals surface area contributed by atoms with Gasteiger partial charge in [-0.1, -0.05) is 0 Å². The largest absolute Gasteiger partial charge is 0.333 e. The van der Waals surface area contributed by atoms with Gasteiger partial charge >= 0.3 is 5.69 Å². The van der Waals surface area contributed by atoms with Crippen LogP contribution < -0.4 is 16.6 Å². The maximum atomic E-state index is 12.9. The van der Waals surface area contributed by atoms with Gasteiger partial charge < -0.3 is 9.88 Å². The zero-order valence-electron chi connectivity index (χ0n) is 13.0. The second-order valence-electron chi connectivity index (χ2n) is 6.32.